The lowest BCUT2D eigenvalue weighted by molar-refractivity contribution is -0.308. The Morgan fingerprint density at radius 1 is 0.938 bits per heavy atom. The molecular formula is C34H49NO13. The molecule has 0 spiro atoms. The van der Waals surface area contributed by atoms with E-state index in [1.165, 1.54) is 13.2 Å². The van der Waals surface area contributed by atoms with Crippen LogP contribution in [-0.4, -0.2) is 124 Å². The number of carbonyl (C=O) groups excluding carboxylic acids is 2. The van der Waals surface area contributed by atoms with Gasteiger partial charge >= 0.3 is 11.9 Å². The average Bonchev–Trinajstić information content (AvgIpc) is 3.76. The van der Waals surface area contributed by atoms with Crippen molar-refractivity contribution in [3.8, 4) is 0 Å². The highest BCUT2D eigenvalue weighted by molar-refractivity contribution is 5.82. The maximum atomic E-state index is 12.9. The third-order valence-corrected chi connectivity index (χ3v) is 8.76. The predicted molar refractivity (Wildman–Crippen MR) is 170 cm³/mol. The molecule has 0 aromatic heterocycles. The SMILES string of the molecule is COC(=O)[C@H]1[C@@H]2C[C@@H](O[C@@H]3O[C@H](C)[C@@H](O)[C@H](N)[C@@H]3O)/C=C/C=C/C=C/C=C/C[C@@H](C)OC(=O)/C=C/[C@H]3O[C@@H]3C[C@H](O)C[C@](O)(C[C@@H]1O)O2. The number of fused-ring (bicyclic) bond motifs is 3. The Bertz CT molecular complexity index is 1240. The van der Waals surface area contributed by atoms with Gasteiger partial charge in [-0.05, 0) is 19.9 Å². The lowest BCUT2D eigenvalue weighted by atomic mass is 9.83. The van der Waals surface area contributed by atoms with Crippen LogP contribution in [0.2, 0.25) is 0 Å². The van der Waals surface area contributed by atoms with E-state index in [2.05, 4.69) is 0 Å². The molecule has 0 aromatic rings. The highest BCUT2D eigenvalue weighted by Crippen LogP contribution is 2.39. The smallest absolute Gasteiger partial charge is 0.330 e. The minimum absolute atomic E-state index is 0.105. The van der Waals surface area contributed by atoms with Crippen LogP contribution in [0.5, 0.6) is 0 Å². The van der Waals surface area contributed by atoms with E-state index in [0.717, 1.165) is 0 Å². The van der Waals surface area contributed by atoms with Gasteiger partial charge in [0.1, 0.15) is 24.2 Å². The molecule has 0 aromatic carbocycles. The van der Waals surface area contributed by atoms with Crippen molar-refractivity contribution in [3.05, 3.63) is 60.8 Å². The van der Waals surface area contributed by atoms with Gasteiger partial charge in [-0.3, -0.25) is 4.79 Å². The summed E-state index contributed by atoms with van der Waals surface area (Å²) in [6.45, 7) is 3.37. The van der Waals surface area contributed by atoms with Crippen molar-refractivity contribution in [2.24, 2.45) is 11.7 Å². The van der Waals surface area contributed by atoms with Crippen molar-refractivity contribution >= 4 is 11.9 Å². The quantitative estimate of drug-likeness (QED) is 0.174. The Hall–Kier alpha value is -2.76. The number of methoxy groups -OCH3 is 1. The Balaban J connectivity index is 1.60. The van der Waals surface area contributed by atoms with E-state index < -0.39 is 97.3 Å². The summed E-state index contributed by atoms with van der Waals surface area (Å²) >= 11 is 0. The molecule has 3 fully saturated rings. The van der Waals surface area contributed by atoms with Crippen LogP contribution >= 0.6 is 0 Å². The molecule has 0 aliphatic carbocycles. The summed E-state index contributed by atoms with van der Waals surface area (Å²) in [5, 5.41) is 54.4. The third kappa shape index (κ3) is 10.6. The molecule has 3 saturated heterocycles. The molecule has 14 atom stereocenters. The molecule has 4 aliphatic heterocycles. The van der Waals surface area contributed by atoms with Gasteiger partial charge in [0.05, 0.1) is 55.9 Å². The zero-order valence-corrected chi connectivity index (χ0v) is 27.4. The molecule has 14 nitrogen and oxygen atoms in total. The topological polar surface area (TPSA) is 220 Å². The van der Waals surface area contributed by atoms with Gasteiger partial charge in [0.2, 0.25) is 0 Å². The second-order valence-electron chi connectivity index (χ2n) is 12.8. The summed E-state index contributed by atoms with van der Waals surface area (Å²) in [6.07, 6.45) is 6.23. The monoisotopic (exact) mass is 679 g/mol. The van der Waals surface area contributed by atoms with E-state index in [1.54, 1.807) is 56.4 Å². The summed E-state index contributed by atoms with van der Waals surface area (Å²) in [4.78, 5) is 25.0. The standard InChI is InChI=1S/C34H49NO13/c1-19-11-9-7-5-4-6-8-10-12-22(46-33-31(40)29(35)30(39)20(2)45-33)16-26-28(32(41)43-3)23(37)18-34(42,48-26)17-21(36)15-25-24(47-25)13-14-27(38)44-19/h4-10,12-14,19-26,28-31,33,36-37,39-40,42H,11,15-18,35H2,1-3H3/b5-4+,8-6+,9-7+,12-10+,14-13+/t19-,20-,21+,22+,23+,24-,25-,26+,28-,29+,30-,31+,33+,34-/m1/s1. The molecule has 268 valence electrons. The van der Waals surface area contributed by atoms with Crippen LogP contribution in [0.25, 0.3) is 0 Å². The van der Waals surface area contributed by atoms with Gasteiger partial charge < -0.3 is 59.7 Å². The summed E-state index contributed by atoms with van der Waals surface area (Å²) in [5.74, 6) is -4.56. The van der Waals surface area contributed by atoms with Gasteiger partial charge in [-0.2, -0.15) is 0 Å². The minimum atomic E-state index is -2.05. The van der Waals surface area contributed by atoms with E-state index in [4.69, 9.17) is 34.2 Å². The van der Waals surface area contributed by atoms with E-state index in [1.807, 2.05) is 12.2 Å². The number of allylic oxidation sites excluding steroid dienone is 6. The van der Waals surface area contributed by atoms with E-state index in [-0.39, 0.29) is 25.4 Å². The van der Waals surface area contributed by atoms with Crippen molar-refractivity contribution in [2.45, 2.75) is 125 Å². The molecule has 7 N–H and O–H groups in total. The number of cyclic esters (lactones) is 1. The van der Waals surface area contributed by atoms with Crippen LogP contribution in [0, 0.1) is 5.92 Å². The maximum absolute atomic E-state index is 12.9. The molecule has 48 heavy (non-hydrogen) atoms. The summed E-state index contributed by atoms with van der Waals surface area (Å²) in [7, 11) is 1.17. The largest absolute Gasteiger partial charge is 0.469 e. The van der Waals surface area contributed by atoms with Crippen molar-refractivity contribution in [3.63, 3.8) is 0 Å². The summed E-state index contributed by atoms with van der Waals surface area (Å²) in [6, 6.07) is -1.06. The van der Waals surface area contributed by atoms with Crippen molar-refractivity contribution in [1.29, 1.82) is 0 Å². The van der Waals surface area contributed by atoms with Gasteiger partial charge in [-0.25, -0.2) is 4.79 Å². The molecule has 2 bridgehead atoms. The zero-order valence-electron chi connectivity index (χ0n) is 27.4. The number of carbonyl (C=O) groups is 2. The number of nitrogens with two attached hydrogens (primary N) is 1. The number of aliphatic hydroxyl groups excluding tert-OH is 4. The van der Waals surface area contributed by atoms with Crippen LogP contribution in [-0.2, 0) is 38.0 Å². The number of ether oxygens (including phenoxy) is 6. The molecular weight excluding hydrogens is 630 g/mol. The van der Waals surface area contributed by atoms with Crippen LogP contribution in [0.15, 0.2) is 60.8 Å². The lowest BCUT2D eigenvalue weighted by Gasteiger charge is -2.45. The molecule has 14 heteroatoms. The first kappa shape index (κ1) is 38.0. The lowest BCUT2D eigenvalue weighted by Crippen LogP contribution is -2.61. The van der Waals surface area contributed by atoms with Gasteiger partial charge in [0.25, 0.3) is 0 Å². The van der Waals surface area contributed by atoms with E-state index in [9.17, 15) is 35.1 Å². The molecule has 0 saturated carbocycles. The highest BCUT2D eigenvalue weighted by atomic mass is 16.7. The Labute approximate surface area is 280 Å². The summed E-state index contributed by atoms with van der Waals surface area (Å²) < 4.78 is 33.8. The minimum Gasteiger partial charge on any atom is -0.469 e. The first-order valence-corrected chi connectivity index (χ1v) is 16.3. The third-order valence-electron chi connectivity index (χ3n) is 8.76. The average molecular weight is 680 g/mol. The van der Waals surface area contributed by atoms with Crippen molar-refractivity contribution in [1.82, 2.24) is 0 Å². The molecule has 0 unspecified atom stereocenters. The van der Waals surface area contributed by atoms with Crippen LogP contribution in [0.4, 0.5) is 0 Å². The van der Waals surface area contributed by atoms with E-state index in [0.29, 0.717) is 6.42 Å². The van der Waals surface area contributed by atoms with Crippen molar-refractivity contribution in [2.75, 3.05) is 7.11 Å². The van der Waals surface area contributed by atoms with Gasteiger partial charge in [-0.1, -0.05) is 48.6 Å². The molecule has 0 radical (unpaired) electrons. The fraction of sp³-hybridized carbons (Fsp3) is 0.647. The van der Waals surface area contributed by atoms with Crippen LogP contribution in [0.3, 0.4) is 0 Å². The number of hydrogen-bond acceptors (Lipinski definition) is 14. The summed E-state index contributed by atoms with van der Waals surface area (Å²) in [5.41, 5.74) is 6.01. The first-order chi connectivity index (χ1) is 22.8. The molecule has 4 heterocycles. The maximum Gasteiger partial charge on any atom is 0.330 e. The normalized spacial score (nSPS) is 46.4. The van der Waals surface area contributed by atoms with Crippen LogP contribution in [0.1, 0.15) is 46.0 Å². The first-order valence-electron chi connectivity index (χ1n) is 16.3. The number of esters is 2. The van der Waals surface area contributed by atoms with Gasteiger partial charge in [-0.15, -0.1) is 0 Å². The Morgan fingerprint density at radius 2 is 1.65 bits per heavy atom. The Kier molecular flexibility index (Phi) is 13.7. The Morgan fingerprint density at radius 3 is 2.38 bits per heavy atom. The molecule has 4 aliphatic rings. The zero-order chi connectivity index (χ0) is 35.0. The predicted octanol–water partition coefficient (Wildman–Crippen LogP) is 0.208. The number of epoxide rings is 1. The van der Waals surface area contributed by atoms with Gasteiger partial charge in [0.15, 0.2) is 12.1 Å². The number of aliphatic hydroxyl groups is 5. The number of rotatable bonds is 3. The second kappa shape index (κ2) is 17.3. The van der Waals surface area contributed by atoms with Gasteiger partial charge in [0, 0.05) is 38.2 Å². The van der Waals surface area contributed by atoms with Crippen LogP contribution < -0.4 is 5.73 Å². The fourth-order valence-corrected chi connectivity index (χ4v) is 6.13. The fourth-order valence-electron chi connectivity index (χ4n) is 6.13. The highest BCUT2D eigenvalue weighted by Gasteiger charge is 2.51. The number of hydrogen-bond donors (Lipinski definition) is 6. The van der Waals surface area contributed by atoms with Crippen molar-refractivity contribution < 1.29 is 63.5 Å². The van der Waals surface area contributed by atoms with E-state index >= 15 is 0 Å². The molecule has 0 amide bonds. The second-order valence-corrected chi connectivity index (χ2v) is 12.8. The molecule has 4 rings (SSSR count).